The maximum absolute atomic E-state index is 11.0. The minimum absolute atomic E-state index is 0.221. The van der Waals surface area contributed by atoms with Gasteiger partial charge in [0.25, 0.3) is 0 Å². The van der Waals surface area contributed by atoms with Crippen LogP contribution in [0.25, 0.3) is 10.8 Å². The van der Waals surface area contributed by atoms with Gasteiger partial charge >= 0.3 is 5.97 Å². The van der Waals surface area contributed by atoms with E-state index in [1.165, 1.54) is 5.39 Å². The number of carboxylic acids is 1. The fraction of sp³-hybridized carbons (Fsp3) is 0.333. The van der Waals surface area contributed by atoms with Crippen molar-refractivity contribution >= 4 is 22.6 Å². The molecule has 1 aromatic carbocycles. The van der Waals surface area contributed by atoms with Gasteiger partial charge in [-0.05, 0) is 11.5 Å². The van der Waals surface area contributed by atoms with Crippen molar-refractivity contribution in [3.05, 3.63) is 36.5 Å². The molecule has 0 spiro atoms. The molecule has 1 unspecified atom stereocenters. The van der Waals surface area contributed by atoms with Crippen LogP contribution in [-0.2, 0) is 4.79 Å². The van der Waals surface area contributed by atoms with Gasteiger partial charge in [-0.3, -0.25) is 4.79 Å². The van der Waals surface area contributed by atoms with Crippen molar-refractivity contribution in [2.24, 2.45) is 11.8 Å². The van der Waals surface area contributed by atoms with E-state index in [2.05, 4.69) is 22.0 Å². The Bertz CT molecular complexity index is 615. The largest absolute Gasteiger partial charge is 0.481 e. The van der Waals surface area contributed by atoms with Crippen LogP contribution in [0.4, 0.5) is 5.82 Å². The molecule has 4 heteroatoms. The van der Waals surface area contributed by atoms with Gasteiger partial charge in [0.2, 0.25) is 0 Å². The lowest BCUT2D eigenvalue weighted by Gasteiger charge is -2.42. The fourth-order valence-corrected chi connectivity index (χ4v) is 2.56. The number of fused-ring (bicyclic) bond motifs is 1. The number of pyridine rings is 1. The van der Waals surface area contributed by atoms with Crippen LogP contribution in [0.3, 0.4) is 0 Å². The Morgan fingerprint density at radius 2 is 2.11 bits per heavy atom. The van der Waals surface area contributed by atoms with Crippen LogP contribution in [0.15, 0.2) is 36.5 Å². The van der Waals surface area contributed by atoms with E-state index in [9.17, 15) is 4.79 Å². The van der Waals surface area contributed by atoms with E-state index in [1.807, 2.05) is 24.4 Å². The molecule has 1 aliphatic heterocycles. The van der Waals surface area contributed by atoms with E-state index in [1.54, 1.807) is 6.92 Å². The average Bonchev–Trinajstić information content (AvgIpc) is 2.37. The number of hydrogen-bond acceptors (Lipinski definition) is 3. The molecule has 98 valence electrons. The van der Waals surface area contributed by atoms with Crippen molar-refractivity contribution in [3.63, 3.8) is 0 Å². The molecule has 1 fully saturated rings. The Balaban J connectivity index is 1.83. The highest BCUT2D eigenvalue weighted by atomic mass is 16.4. The fourth-order valence-electron chi connectivity index (χ4n) is 2.56. The van der Waals surface area contributed by atoms with Crippen LogP contribution < -0.4 is 4.90 Å². The molecular formula is C15H16N2O2. The predicted molar refractivity (Wildman–Crippen MR) is 74.2 cm³/mol. The van der Waals surface area contributed by atoms with Gasteiger partial charge in [0, 0.05) is 30.6 Å². The van der Waals surface area contributed by atoms with E-state index >= 15 is 0 Å². The maximum atomic E-state index is 11.0. The number of hydrogen-bond donors (Lipinski definition) is 1. The number of aromatic nitrogens is 1. The number of nitrogens with zero attached hydrogens (tertiary/aromatic N) is 2. The van der Waals surface area contributed by atoms with E-state index in [4.69, 9.17) is 5.11 Å². The highest BCUT2D eigenvalue weighted by Gasteiger charge is 2.35. The van der Waals surface area contributed by atoms with Gasteiger partial charge in [-0.1, -0.05) is 31.2 Å². The molecule has 2 aromatic rings. The maximum Gasteiger partial charge on any atom is 0.306 e. The third-order valence-corrected chi connectivity index (χ3v) is 3.96. The van der Waals surface area contributed by atoms with Gasteiger partial charge in [-0.15, -0.1) is 0 Å². The molecule has 3 rings (SSSR count). The van der Waals surface area contributed by atoms with Gasteiger partial charge < -0.3 is 10.0 Å². The van der Waals surface area contributed by atoms with E-state index in [0.717, 1.165) is 24.3 Å². The molecule has 0 radical (unpaired) electrons. The molecule has 0 amide bonds. The summed E-state index contributed by atoms with van der Waals surface area (Å²) in [5.41, 5.74) is 0. The lowest BCUT2D eigenvalue weighted by atomic mass is 9.87. The number of rotatable bonds is 3. The third-order valence-electron chi connectivity index (χ3n) is 3.96. The van der Waals surface area contributed by atoms with Crippen molar-refractivity contribution in [3.8, 4) is 0 Å². The monoisotopic (exact) mass is 256 g/mol. The summed E-state index contributed by atoms with van der Waals surface area (Å²) in [4.78, 5) is 17.6. The Morgan fingerprint density at radius 3 is 2.84 bits per heavy atom. The van der Waals surface area contributed by atoms with Crippen LogP contribution in [0.5, 0.6) is 0 Å². The first-order chi connectivity index (χ1) is 9.16. The summed E-state index contributed by atoms with van der Waals surface area (Å²) in [6.07, 6.45) is 1.81. The summed E-state index contributed by atoms with van der Waals surface area (Å²) in [7, 11) is 0. The smallest absolute Gasteiger partial charge is 0.306 e. The van der Waals surface area contributed by atoms with Gasteiger partial charge in [0.05, 0.1) is 5.92 Å². The van der Waals surface area contributed by atoms with Crippen LogP contribution in [0.1, 0.15) is 6.92 Å². The minimum atomic E-state index is -0.712. The summed E-state index contributed by atoms with van der Waals surface area (Å²) < 4.78 is 0. The Kier molecular flexibility index (Phi) is 2.85. The first-order valence-electron chi connectivity index (χ1n) is 6.48. The number of carbonyl (C=O) groups is 1. The number of aliphatic carboxylic acids is 1. The zero-order chi connectivity index (χ0) is 13.4. The molecule has 19 heavy (non-hydrogen) atoms. The molecule has 0 saturated carbocycles. The molecule has 2 heterocycles. The third kappa shape index (κ3) is 2.03. The van der Waals surface area contributed by atoms with Crippen LogP contribution >= 0.6 is 0 Å². The number of carboxylic acid groups (broad SMARTS) is 1. The van der Waals surface area contributed by atoms with Crippen LogP contribution in [-0.4, -0.2) is 29.1 Å². The van der Waals surface area contributed by atoms with Crippen LogP contribution in [0.2, 0.25) is 0 Å². The van der Waals surface area contributed by atoms with Crippen molar-refractivity contribution in [1.82, 2.24) is 4.98 Å². The lowest BCUT2D eigenvalue weighted by molar-refractivity contribution is -0.143. The standard InChI is InChI=1S/C15H16N2O2/c1-10(15(18)19)12-8-17(9-12)14-13-5-3-2-4-11(13)6-7-16-14/h2-7,10,12H,8-9H2,1H3,(H,18,19). The quantitative estimate of drug-likeness (QED) is 0.916. The van der Waals surface area contributed by atoms with Gasteiger partial charge in [-0.25, -0.2) is 4.98 Å². The molecule has 1 aliphatic rings. The zero-order valence-electron chi connectivity index (χ0n) is 10.8. The second-order valence-electron chi connectivity index (χ2n) is 5.15. The van der Waals surface area contributed by atoms with E-state index in [0.29, 0.717) is 0 Å². The summed E-state index contributed by atoms with van der Waals surface area (Å²) in [6, 6.07) is 10.1. The first kappa shape index (κ1) is 12.0. The first-order valence-corrected chi connectivity index (χ1v) is 6.48. The van der Waals surface area contributed by atoms with Crippen molar-refractivity contribution in [2.45, 2.75) is 6.92 Å². The van der Waals surface area contributed by atoms with E-state index < -0.39 is 5.97 Å². The topological polar surface area (TPSA) is 53.4 Å². The molecular weight excluding hydrogens is 240 g/mol. The Labute approximate surface area is 111 Å². The summed E-state index contributed by atoms with van der Waals surface area (Å²) >= 11 is 0. The van der Waals surface area contributed by atoms with Gasteiger partial charge in [0.1, 0.15) is 5.82 Å². The highest BCUT2D eigenvalue weighted by molar-refractivity contribution is 5.92. The highest BCUT2D eigenvalue weighted by Crippen LogP contribution is 2.32. The lowest BCUT2D eigenvalue weighted by Crippen LogP contribution is -2.51. The summed E-state index contributed by atoms with van der Waals surface area (Å²) in [5, 5.41) is 11.3. The molecule has 1 atom stereocenters. The Hall–Kier alpha value is -2.10. The second kappa shape index (κ2) is 4.53. The summed E-state index contributed by atoms with van der Waals surface area (Å²) in [6.45, 7) is 3.32. The molecule has 0 bridgehead atoms. The predicted octanol–water partition coefficient (Wildman–Crippen LogP) is 2.39. The molecule has 1 N–H and O–H groups in total. The van der Waals surface area contributed by atoms with Crippen molar-refractivity contribution in [1.29, 1.82) is 0 Å². The minimum Gasteiger partial charge on any atom is -0.481 e. The molecule has 1 aromatic heterocycles. The van der Waals surface area contributed by atoms with Crippen molar-refractivity contribution < 1.29 is 9.90 Å². The zero-order valence-corrected chi connectivity index (χ0v) is 10.8. The van der Waals surface area contributed by atoms with Crippen molar-refractivity contribution in [2.75, 3.05) is 18.0 Å². The molecule has 0 aliphatic carbocycles. The van der Waals surface area contributed by atoms with Gasteiger partial charge in [-0.2, -0.15) is 0 Å². The second-order valence-corrected chi connectivity index (χ2v) is 5.15. The molecule has 1 saturated heterocycles. The SMILES string of the molecule is CC(C(=O)O)C1CN(c2nccc3ccccc23)C1. The van der Waals surface area contributed by atoms with E-state index in [-0.39, 0.29) is 11.8 Å². The normalized spacial score (nSPS) is 17.2. The Morgan fingerprint density at radius 1 is 1.37 bits per heavy atom. The molecule has 4 nitrogen and oxygen atoms in total. The number of anilines is 1. The number of benzene rings is 1. The summed E-state index contributed by atoms with van der Waals surface area (Å²) in [5.74, 6) is 0.187. The average molecular weight is 256 g/mol. The van der Waals surface area contributed by atoms with Gasteiger partial charge in [0.15, 0.2) is 0 Å². The van der Waals surface area contributed by atoms with Crippen LogP contribution in [0, 0.1) is 11.8 Å².